The van der Waals surface area contributed by atoms with Gasteiger partial charge in [-0.3, -0.25) is 14.9 Å². The third-order valence-corrected chi connectivity index (χ3v) is 4.86. The van der Waals surface area contributed by atoms with Crippen molar-refractivity contribution >= 4 is 53.2 Å². The van der Waals surface area contributed by atoms with Gasteiger partial charge in [0.25, 0.3) is 0 Å². The molecule has 0 fully saturated rings. The van der Waals surface area contributed by atoms with Gasteiger partial charge in [-0.25, -0.2) is 10.8 Å². The van der Waals surface area contributed by atoms with E-state index in [9.17, 15) is 0 Å². The molecule has 0 atom stereocenters. The molecule has 1 heterocycles. The van der Waals surface area contributed by atoms with Crippen LogP contribution in [-0.2, 0) is 5.75 Å². The second-order valence-electron chi connectivity index (χ2n) is 5.48. The van der Waals surface area contributed by atoms with Gasteiger partial charge in [-0.1, -0.05) is 23.7 Å². The van der Waals surface area contributed by atoms with Crippen LogP contribution in [0.4, 0.5) is 17.2 Å². The lowest BCUT2D eigenvalue weighted by molar-refractivity contribution is 0.525. The summed E-state index contributed by atoms with van der Waals surface area (Å²) in [7, 11) is 3.49. The lowest BCUT2D eigenvalue weighted by Gasteiger charge is -2.30. The number of hydrazone groups is 1. The number of hydrogen-bond donors (Lipinski definition) is 3. The molecule has 144 valence electrons. The number of guanidine groups is 1. The van der Waals surface area contributed by atoms with Crippen molar-refractivity contribution in [1.82, 2.24) is 9.99 Å². The monoisotopic (exact) mass is 406 g/mol. The molecule has 8 nitrogen and oxygen atoms in total. The van der Waals surface area contributed by atoms with Crippen molar-refractivity contribution in [2.45, 2.75) is 5.75 Å². The average molecular weight is 407 g/mol. The Morgan fingerprint density at radius 3 is 2.70 bits per heavy atom. The molecule has 0 saturated heterocycles. The van der Waals surface area contributed by atoms with Crippen LogP contribution in [0.3, 0.4) is 0 Å². The van der Waals surface area contributed by atoms with Crippen LogP contribution in [0.25, 0.3) is 0 Å². The first-order valence-electron chi connectivity index (χ1n) is 8.02. The van der Waals surface area contributed by atoms with E-state index >= 15 is 0 Å². The topological polar surface area (TPSA) is 108 Å². The average Bonchev–Trinajstić information content (AvgIpc) is 2.67. The first-order valence-corrected chi connectivity index (χ1v) is 9.55. The zero-order chi connectivity index (χ0) is 19.8. The summed E-state index contributed by atoms with van der Waals surface area (Å²) in [6.45, 7) is 3.62. The van der Waals surface area contributed by atoms with Gasteiger partial charge in [0.05, 0.1) is 28.0 Å². The van der Waals surface area contributed by atoms with Gasteiger partial charge in [0.15, 0.2) is 0 Å². The van der Waals surface area contributed by atoms with Gasteiger partial charge in [0.1, 0.15) is 5.82 Å². The van der Waals surface area contributed by atoms with E-state index in [-0.39, 0.29) is 0 Å². The van der Waals surface area contributed by atoms with Gasteiger partial charge < -0.3 is 11.2 Å². The van der Waals surface area contributed by atoms with Crippen molar-refractivity contribution in [3.05, 3.63) is 47.1 Å². The number of rotatable bonds is 7. The van der Waals surface area contributed by atoms with Gasteiger partial charge in [-0.05, 0) is 31.0 Å². The molecule has 0 amide bonds. The van der Waals surface area contributed by atoms with Gasteiger partial charge in [-0.2, -0.15) is 0 Å². The summed E-state index contributed by atoms with van der Waals surface area (Å²) >= 11 is 8.04. The van der Waals surface area contributed by atoms with Crippen LogP contribution in [0.5, 0.6) is 0 Å². The van der Waals surface area contributed by atoms with Crippen molar-refractivity contribution in [2.75, 3.05) is 30.2 Å². The van der Waals surface area contributed by atoms with Crippen LogP contribution in [0.15, 0.2) is 46.5 Å². The second-order valence-corrected chi connectivity index (χ2v) is 6.84. The summed E-state index contributed by atoms with van der Waals surface area (Å²) < 4.78 is 0. The third kappa shape index (κ3) is 5.25. The largest absolute Gasteiger partial charge is 0.373 e. The predicted octanol–water partition coefficient (Wildman–Crippen LogP) is 2.84. The Labute approximate surface area is 168 Å². The molecule has 1 aromatic carbocycles. The minimum atomic E-state index is 0.345. The first kappa shape index (κ1) is 20.8. The van der Waals surface area contributed by atoms with E-state index in [0.29, 0.717) is 34.0 Å². The number of aromatic nitrogens is 1. The lowest BCUT2D eigenvalue weighted by atomic mass is 10.2. The van der Waals surface area contributed by atoms with Crippen molar-refractivity contribution in [3.63, 3.8) is 0 Å². The summed E-state index contributed by atoms with van der Waals surface area (Å²) in [6, 6.07) is 11.2. The molecular formula is C17H23ClN8S. The first-order chi connectivity index (χ1) is 13.0. The van der Waals surface area contributed by atoms with E-state index in [1.807, 2.05) is 31.3 Å². The van der Waals surface area contributed by atoms with Gasteiger partial charge in [-0.15, -0.1) is 16.9 Å². The molecule has 27 heavy (non-hydrogen) atoms. The SMILES string of the molecule is C=Nc1cccc(Cl)c1N(CSCc1cccc(NC)n1)/C(=N/N)N(C)N. The van der Waals surface area contributed by atoms with Crippen LogP contribution in [0, 0.1) is 0 Å². The molecule has 2 aromatic rings. The number of aliphatic imine (C=N–C) groups is 1. The highest BCUT2D eigenvalue weighted by Crippen LogP contribution is 2.37. The number of nitrogens with one attached hydrogen (secondary N) is 1. The molecule has 0 saturated carbocycles. The van der Waals surface area contributed by atoms with E-state index in [0.717, 1.165) is 11.5 Å². The quantitative estimate of drug-likeness (QED) is 0.213. The highest BCUT2D eigenvalue weighted by Gasteiger charge is 2.22. The summed E-state index contributed by atoms with van der Waals surface area (Å²) in [5, 5.41) is 8.68. The normalized spacial score (nSPS) is 11.2. The number of halogens is 1. The Morgan fingerprint density at radius 2 is 2.07 bits per heavy atom. The fourth-order valence-electron chi connectivity index (χ4n) is 2.41. The Hall–Kier alpha value is -2.49. The fraction of sp³-hybridized carbons (Fsp3) is 0.235. The van der Waals surface area contributed by atoms with Crippen LogP contribution >= 0.6 is 23.4 Å². The summed E-state index contributed by atoms with van der Waals surface area (Å²) in [5.74, 6) is 13.8. The number of pyridine rings is 1. The Balaban J connectivity index is 2.28. The Bertz CT molecular complexity index is 811. The van der Waals surface area contributed by atoms with E-state index in [4.69, 9.17) is 23.3 Å². The molecule has 0 aliphatic carbocycles. The Kier molecular flexibility index (Phi) is 7.71. The highest BCUT2D eigenvalue weighted by molar-refractivity contribution is 7.98. The van der Waals surface area contributed by atoms with E-state index in [1.165, 1.54) is 5.01 Å². The minimum absolute atomic E-state index is 0.345. The standard InChI is InChI=1S/C17H23ClN8S/c1-21-14-8-5-7-13(18)16(14)26(17(24-19)25(3)20)11-27-10-12-6-4-9-15(22-2)23-12/h4-9H,1,10-11,19-20H2,2-3H3,(H,22,23)/b24-17+. The van der Waals surface area contributed by atoms with Gasteiger partial charge >= 0.3 is 0 Å². The van der Waals surface area contributed by atoms with Crippen LogP contribution in [0.2, 0.25) is 5.02 Å². The molecular weight excluding hydrogens is 384 g/mol. The van der Waals surface area contributed by atoms with Gasteiger partial charge in [0, 0.05) is 19.8 Å². The molecule has 1 aromatic heterocycles. The summed E-state index contributed by atoms with van der Waals surface area (Å²) in [6.07, 6.45) is 0. The molecule has 0 aliphatic rings. The van der Waals surface area contributed by atoms with Crippen LogP contribution in [0.1, 0.15) is 5.69 Å². The van der Waals surface area contributed by atoms with E-state index in [2.05, 4.69) is 27.1 Å². The maximum atomic E-state index is 6.43. The summed E-state index contributed by atoms with van der Waals surface area (Å²) in [4.78, 5) is 10.4. The smallest absolute Gasteiger partial charge is 0.237 e. The van der Waals surface area contributed by atoms with Crippen LogP contribution < -0.4 is 21.9 Å². The Morgan fingerprint density at radius 1 is 1.33 bits per heavy atom. The summed E-state index contributed by atoms with van der Waals surface area (Å²) in [5.41, 5.74) is 2.20. The lowest BCUT2D eigenvalue weighted by Crippen LogP contribution is -2.47. The number of hydrogen-bond acceptors (Lipinski definition) is 7. The molecule has 2 rings (SSSR count). The van der Waals surface area contributed by atoms with Gasteiger partial charge in [0.2, 0.25) is 5.96 Å². The number of anilines is 2. The molecule has 0 spiro atoms. The van der Waals surface area contributed by atoms with E-state index < -0.39 is 0 Å². The predicted molar refractivity (Wildman–Crippen MR) is 117 cm³/mol. The number of hydrazine groups is 1. The number of nitrogens with zero attached hydrogens (tertiary/aromatic N) is 5. The van der Waals surface area contributed by atoms with E-state index in [1.54, 1.807) is 35.8 Å². The minimum Gasteiger partial charge on any atom is -0.373 e. The molecule has 0 aliphatic heterocycles. The zero-order valence-electron chi connectivity index (χ0n) is 15.3. The second kappa shape index (κ2) is 10.0. The van der Waals surface area contributed by atoms with Crippen molar-refractivity contribution < 1.29 is 0 Å². The fourth-order valence-corrected chi connectivity index (χ4v) is 3.57. The van der Waals surface area contributed by atoms with Crippen molar-refractivity contribution in [1.29, 1.82) is 0 Å². The molecule has 0 radical (unpaired) electrons. The molecule has 0 unspecified atom stereocenters. The maximum absolute atomic E-state index is 6.43. The van der Waals surface area contributed by atoms with Crippen LogP contribution in [-0.4, -0.2) is 42.6 Å². The van der Waals surface area contributed by atoms with Crippen molar-refractivity contribution in [3.8, 4) is 0 Å². The third-order valence-electron chi connectivity index (χ3n) is 3.61. The molecule has 0 bridgehead atoms. The number of thioether (sulfide) groups is 1. The highest BCUT2D eigenvalue weighted by atomic mass is 35.5. The number of para-hydroxylation sites is 1. The number of nitrogens with two attached hydrogens (primary N) is 2. The maximum Gasteiger partial charge on any atom is 0.237 e. The number of benzene rings is 1. The zero-order valence-corrected chi connectivity index (χ0v) is 16.8. The molecule has 5 N–H and O–H groups in total. The van der Waals surface area contributed by atoms with Crippen molar-refractivity contribution in [2.24, 2.45) is 21.8 Å². The molecule has 10 heteroatoms.